The first-order valence-corrected chi connectivity index (χ1v) is 6.82. The summed E-state index contributed by atoms with van der Waals surface area (Å²) in [7, 11) is 2.25. The summed E-state index contributed by atoms with van der Waals surface area (Å²) < 4.78 is 0. The van der Waals surface area contributed by atoms with E-state index < -0.39 is 0 Å². The van der Waals surface area contributed by atoms with Crippen LogP contribution in [-0.2, 0) is 13.0 Å². The van der Waals surface area contributed by atoms with Gasteiger partial charge in [0.25, 0.3) is 0 Å². The minimum atomic E-state index is 0.780. The van der Waals surface area contributed by atoms with Crippen molar-refractivity contribution < 1.29 is 0 Å². The van der Waals surface area contributed by atoms with Gasteiger partial charge in [-0.25, -0.2) is 0 Å². The van der Waals surface area contributed by atoms with E-state index in [2.05, 4.69) is 41.1 Å². The second-order valence-corrected chi connectivity index (χ2v) is 5.55. The molecule has 3 rings (SSSR count). The molecular formula is C15H22N2. The summed E-state index contributed by atoms with van der Waals surface area (Å²) in [5.41, 5.74) is 3.11. The number of fused-ring (bicyclic) bond motifs is 1. The zero-order valence-corrected chi connectivity index (χ0v) is 10.7. The average Bonchev–Trinajstić information content (AvgIpc) is 2.38. The van der Waals surface area contributed by atoms with Gasteiger partial charge in [0.2, 0.25) is 0 Å². The molecule has 1 saturated heterocycles. The first-order chi connectivity index (χ1) is 8.33. The second kappa shape index (κ2) is 4.79. The van der Waals surface area contributed by atoms with Crippen LogP contribution in [0.1, 0.15) is 24.0 Å². The van der Waals surface area contributed by atoms with E-state index in [4.69, 9.17) is 0 Å². The first kappa shape index (κ1) is 11.2. The predicted octanol–water partition coefficient (Wildman–Crippen LogP) is 2.14. The van der Waals surface area contributed by atoms with E-state index in [-0.39, 0.29) is 0 Å². The Balaban J connectivity index is 1.71. The molecule has 1 atom stereocenters. The molecule has 2 heteroatoms. The summed E-state index contributed by atoms with van der Waals surface area (Å²) in [6, 6.07) is 9.72. The number of rotatable bonds is 1. The molecule has 1 fully saturated rings. The van der Waals surface area contributed by atoms with Gasteiger partial charge in [0.1, 0.15) is 0 Å². The van der Waals surface area contributed by atoms with E-state index in [0.717, 1.165) is 12.6 Å². The van der Waals surface area contributed by atoms with Crippen LogP contribution in [0.15, 0.2) is 24.3 Å². The number of benzene rings is 1. The quantitative estimate of drug-likeness (QED) is 0.729. The molecule has 2 aliphatic rings. The highest BCUT2D eigenvalue weighted by atomic mass is 15.2. The fourth-order valence-corrected chi connectivity index (χ4v) is 3.27. The van der Waals surface area contributed by atoms with Gasteiger partial charge in [0, 0.05) is 25.7 Å². The molecule has 0 aromatic heterocycles. The maximum atomic E-state index is 2.69. The minimum Gasteiger partial charge on any atom is -0.305 e. The molecule has 0 aliphatic carbocycles. The predicted molar refractivity (Wildman–Crippen MR) is 71.1 cm³/mol. The minimum absolute atomic E-state index is 0.780. The smallest absolute Gasteiger partial charge is 0.0240 e. The Labute approximate surface area is 104 Å². The van der Waals surface area contributed by atoms with Crippen LogP contribution in [0.5, 0.6) is 0 Å². The van der Waals surface area contributed by atoms with Gasteiger partial charge in [0.15, 0.2) is 0 Å². The number of hydrogen-bond acceptors (Lipinski definition) is 2. The Morgan fingerprint density at radius 1 is 1.12 bits per heavy atom. The highest BCUT2D eigenvalue weighted by Gasteiger charge is 2.26. The molecule has 1 aromatic carbocycles. The van der Waals surface area contributed by atoms with Crippen LogP contribution in [0.25, 0.3) is 0 Å². The third kappa shape index (κ3) is 2.38. The molecule has 17 heavy (non-hydrogen) atoms. The first-order valence-electron chi connectivity index (χ1n) is 6.82. The third-order valence-electron chi connectivity index (χ3n) is 4.28. The summed E-state index contributed by atoms with van der Waals surface area (Å²) in [4.78, 5) is 5.17. The molecule has 0 bridgehead atoms. The van der Waals surface area contributed by atoms with Crippen molar-refractivity contribution in [1.29, 1.82) is 0 Å². The van der Waals surface area contributed by atoms with Gasteiger partial charge in [-0.05, 0) is 44.0 Å². The highest BCUT2D eigenvalue weighted by molar-refractivity contribution is 5.29. The molecule has 2 nitrogen and oxygen atoms in total. The number of likely N-dealkylation sites (N-methyl/N-ethyl adjacent to an activating group) is 1. The molecule has 1 unspecified atom stereocenters. The Kier molecular flexibility index (Phi) is 3.17. The third-order valence-corrected chi connectivity index (χ3v) is 4.28. The van der Waals surface area contributed by atoms with Crippen LogP contribution in [-0.4, -0.2) is 42.5 Å². The summed E-state index contributed by atoms with van der Waals surface area (Å²) in [6.07, 6.45) is 3.97. The normalized spacial score (nSPS) is 26.8. The second-order valence-electron chi connectivity index (χ2n) is 5.55. The van der Waals surface area contributed by atoms with Crippen LogP contribution in [0.4, 0.5) is 0 Å². The lowest BCUT2D eigenvalue weighted by Gasteiger charge is -2.40. The van der Waals surface area contributed by atoms with Crippen molar-refractivity contribution in [3.8, 4) is 0 Å². The number of nitrogens with zero attached hydrogens (tertiary/aromatic N) is 2. The van der Waals surface area contributed by atoms with Gasteiger partial charge >= 0.3 is 0 Å². The summed E-state index contributed by atoms with van der Waals surface area (Å²) in [6.45, 7) is 4.94. The van der Waals surface area contributed by atoms with Crippen LogP contribution >= 0.6 is 0 Å². The lowest BCUT2D eigenvalue weighted by molar-refractivity contribution is 0.101. The standard InChI is InChI=1S/C15H22N2/c1-16-9-4-7-15(12-16)17-10-8-13-5-2-3-6-14(13)11-17/h2-3,5-6,15H,4,7-12H2,1H3. The van der Waals surface area contributed by atoms with Crippen molar-refractivity contribution in [3.05, 3.63) is 35.4 Å². The van der Waals surface area contributed by atoms with Gasteiger partial charge in [0.05, 0.1) is 0 Å². The fourth-order valence-electron chi connectivity index (χ4n) is 3.27. The molecule has 0 radical (unpaired) electrons. The maximum Gasteiger partial charge on any atom is 0.0240 e. The molecule has 2 aliphatic heterocycles. The monoisotopic (exact) mass is 230 g/mol. The SMILES string of the molecule is CN1CCCC(N2CCc3ccccc3C2)C1. The Morgan fingerprint density at radius 2 is 1.94 bits per heavy atom. The van der Waals surface area contributed by atoms with Gasteiger partial charge in [-0.3, -0.25) is 4.90 Å². The highest BCUT2D eigenvalue weighted by Crippen LogP contribution is 2.23. The fraction of sp³-hybridized carbons (Fsp3) is 0.600. The maximum absolute atomic E-state index is 2.69. The van der Waals surface area contributed by atoms with Crippen LogP contribution in [0.3, 0.4) is 0 Å². The number of piperidine rings is 1. The average molecular weight is 230 g/mol. The molecule has 1 aromatic rings. The van der Waals surface area contributed by atoms with Crippen molar-refractivity contribution in [1.82, 2.24) is 9.80 Å². The largest absolute Gasteiger partial charge is 0.305 e. The van der Waals surface area contributed by atoms with Crippen LogP contribution in [0, 0.1) is 0 Å². The van der Waals surface area contributed by atoms with E-state index >= 15 is 0 Å². The van der Waals surface area contributed by atoms with E-state index in [1.807, 2.05) is 0 Å². The van der Waals surface area contributed by atoms with Crippen molar-refractivity contribution in [2.45, 2.75) is 31.8 Å². The molecule has 0 N–H and O–H groups in total. The topological polar surface area (TPSA) is 6.48 Å². The van der Waals surface area contributed by atoms with Crippen LogP contribution < -0.4 is 0 Å². The van der Waals surface area contributed by atoms with Crippen LogP contribution in [0.2, 0.25) is 0 Å². The molecule has 0 saturated carbocycles. The van der Waals surface area contributed by atoms with Gasteiger partial charge in [-0.2, -0.15) is 0 Å². The van der Waals surface area contributed by atoms with Crippen molar-refractivity contribution in [2.75, 3.05) is 26.7 Å². The summed E-state index contributed by atoms with van der Waals surface area (Å²) >= 11 is 0. The van der Waals surface area contributed by atoms with E-state index in [1.165, 1.54) is 38.9 Å². The molecule has 0 spiro atoms. The summed E-state index contributed by atoms with van der Waals surface area (Å²) in [5, 5.41) is 0. The van der Waals surface area contributed by atoms with Crippen molar-refractivity contribution in [3.63, 3.8) is 0 Å². The van der Waals surface area contributed by atoms with E-state index in [9.17, 15) is 0 Å². The zero-order chi connectivity index (χ0) is 11.7. The molecule has 0 amide bonds. The molecule has 2 heterocycles. The van der Waals surface area contributed by atoms with Gasteiger partial charge < -0.3 is 4.90 Å². The van der Waals surface area contributed by atoms with Gasteiger partial charge in [-0.15, -0.1) is 0 Å². The Hall–Kier alpha value is -0.860. The van der Waals surface area contributed by atoms with Gasteiger partial charge in [-0.1, -0.05) is 24.3 Å². The van der Waals surface area contributed by atoms with Crippen molar-refractivity contribution >= 4 is 0 Å². The summed E-state index contributed by atoms with van der Waals surface area (Å²) in [5.74, 6) is 0. The Morgan fingerprint density at radius 3 is 2.76 bits per heavy atom. The number of likely N-dealkylation sites (tertiary alicyclic amines) is 1. The zero-order valence-electron chi connectivity index (χ0n) is 10.7. The Bertz CT molecular complexity index is 388. The van der Waals surface area contributed by atoms with E-state index in [1.54, 1.807) is 11.1 Å². The van der Waals surface area contributed by atoms with Crippen molar-refractivity contribution in [2.24, 2.45) is 0 Å². The number of hydrogen-bond donors (Lipinski definition) is 0. The molecular weight excluding hydrogens is 208 g/mol. The van der Waals surface area contributed by atoms with E-state index in [0.29, 0.717) is 0 Å². The molecule has 92 valence electrons. The lowest BCUT2D eigenvalue weighted by atomic mass is 9.96. The lowest BCUT2D eigenvalue weighted by Crippen LogP contribution is -2.48.